The fourth-order valence-corrected chi connectivity index (χ4v) is 2.72. The standard InChI is InChI=1S/C13H24S/c1-4-6-11(5-2)12(10-14)9-13(3)7-8-13/h10-12H,4-9H2,1-3H3. The Bertz CT molecular complexity index is 182. The number of thiocarbonyl (C=S) groups is 1. The van der Waals surface area contributed by atoms with Crippen LogP contribution in [0.3, 0.4) is 0 Å². The minimum atomic E-state index is 0.654. The summed E-state index contributed by atoms with van der Waals surface area (Å²) in [5, 5.41) is 2.05. The molecule has 1 aliphatic rings. The van der Waals surface area contributed by atoms with Gasteiger partial charge in [0.2, 0.25) is 0 Å². The van der Waals surface area contributed by atoms with Crippen molar-refractivity contribution in [3.8, 4) is 0 Å². The maximum Gasteiger partial charge on any atom is -0.00951 e. The van der Waals surface area contributed by atoms with Gasteiger partial charge in [0.25, 0.3) is 0 Å². The smallest absolute Gasteiger partial charge is 0.00951 e. The Morgan fingerprint density at radius 1 is 1.36 bits per heavy atom. The first-order valence-electron chi connectivity index (χ1n) is 6.10. The molecule has 1 heteroatoms. The van der Waals surface area contributed by atoms with Gasteiger partial charge in [0.05, 0.1) is 0 Å². The maximum absolute atomic E-state index is 5.20. The number of hydrogen-bond donors (Lipinski definition) is 0. The fraction of sp³-hybridized carbons (Fsp3) is 0.923. The van der Waals surface area contributed by atoms with Crippen LogP contribution in [-0.4, -0.2) is 5.37 Å². The lowest BCUT2D eigenvalue weighted by Crippen LogP contribution is -2.18. The van der Waals surface area contributed by atoms with Crippen LogP contribution in [0.25, 0.3) is 0 Å². The minimum Gasteiger partial charge on any atom is -0.0932 e. The summed E-state index contributed by atoms with van der Waals surface area (Å²) < 4.78 is 0. The van der Waals surface area contributed by atoms with E-state index in [4.69, 9.17) is 12.2 Å². The average molecular weight is 212 g/mol. The second-order valence-electron chi connectivity index (χ2n) is 5.27. The third-order valence-electron chi connectivity index (χ3n) is 3.80. The van der Waals surface area contributed by atoms with Gasteiger partial charge in [0.15, 0.2) is 0 Å². The van der Waals surface area contributed by atoms with Crippen LogP contribution in [0.2, 0.25) is 0 Å². The Balaban J connectivity index is 2.45. The van der Waals surface area contributed by atoms with Crippen LogP contribution in [0.1, 0.15) is 59.3 Å². The molecule has 0 aromatic carbocycles. The normalized spacial score (nSPS) is 22.8. The van der Waals surface area contributed by atoms with Gasteiger partial charge in [0.1, 0.15) is 0 Å². The van der Waals surface area contributed by atoms with Crippen LogP contribution in [0, 0.1) is 17.3 Å². The molecule has 0 aromatic rings. The molecule has 82 valence electrons. The van der Waals surface area contributed by atoms with Crippen LogP contribution in [0.5, 0.6) is 0 Å². The molecule has 0 nitrogen and oxygen atoms in total. The molecule has 1 fully saturated rings. The van der Waals surface area contributed by atoms with Crippen LogP contribution >= 0.6 is 12.2 Å². The van der Waals surface area contributed by atoms with Crippen molar-refractivity contribution >= 4 is 17.6 Å². The molecular weight excluding hydrogens is 188 g/mol. The van der Waals surface area contributed by atoms with Crippen molar-refractivity contribution < 1.29 is 0 Å². The van der Waals surface area contributed by atoms with E-state index in [1.165, 1.54) is 38.5 Å². The van der Waals surface area contributed by atoms with Crippen molar-refractivity contribution in [2.24, 2.45) is 17.3 Å². The zero-order valence-corrected chi connectivity index (χ0v) is 10.7. The van der Waals surface area contributed by atoms with Gasteiger partial charge in [-0.05, 0) is 41.9 Å². The van der Waals surface area contributed by atoms with E-state index in [-0.39, 0.29) is 0 Å². The van der Waals surface area contributed by atoms with Crippen LogP contribution in [0.15, 0.2) is 0 Å². The fourth-order valence-electron chi connectivity index (χ4n) is 2.40. The largest absolute Gasteiger partial charge is 0.0932 e. The third-order valence-corrected chi connectivity index (χ3v) is 4.15. The van der Waals surface area contributed by atoms with Gasteiger partial charge >= 0.3 is 0 Å². The molecule has 1 aliphatic carbocycles. The van der Waals surface area contributed by atoms with Crippen molar-refractivity contribution in [3.05, 3.63) is 0 Å². The van der Waals surface area contributed by atoms with Crippen molar-refractivity contribution in [1.82, 2.24) is 0 Å². The van der Waals surface area contributed by atoms with E-state index in [1.807, 2.05) is 5.37 Å². The van der Waals surface area contributed by atoms with Gasteiger partial charge in [-0.25, -0.2) is 0 Å². The zero-order valence-electron chi connectivity index (χ0n) is 9.88. The van der Waals surface area contributed by atoms with Crippen LogP contribution < -0.4 is 0 Å². The first-order chi connectivity index (χ1) is 6.65. The molecule has 0 aromatic heterocycles. The van der Waals surface area contributed by atoms with Crippen molar-refractivity contribution in [2.45, 2.75) is 59.3 Å². The monoisotopic (exact) mass is 212 g/mol. The molecule has 0 saturated heterocycles. The number of rotatable bonds is 7. The first kappa shape index (κ1) is 12.2. The van der Waals surface area contributed by atoms with E-state index in [9.17, 15) is 0 Å². The predicted molar refractivity (Wildman–Crippen MR) is 67.8 cm³/mol. The zero-order chi connectivity index (χ0) is 10.6. The van der Waals surface area contributed by atoms with E-state index >= 15 is 0 Å². The molecule has 0 amide bonds. The van der Waals surface area contributed by atoms with Gasteiger partial charge in [-0.2, -0.15) is 0 Å². The molecule has 0 aliphatic heterocycles. The minimum absolute atomic E-state index is 0.654. The summed E-state index contributed by atoms with van der Waals surface area (Å²) in [7, 11) is 0. The van der Waals surface area contributed by atoms with Gasteiger partial charge in [0, 0.05) is 0 Å². The maximum atomic E-state index is 5.20. The highest BCUT2D eigenvalue weighted by Crippen LogP contribution is 2.51. The molecule has 0 heterocycles. The lowest BCUT2D eigenvalue weighted by Gasteiger charge is -2.25. The molecule has 0 spiro atoms. The topological polar surface area (TPSA) is 0 Å². The molecular formula is C13H24S. The van der Waals surface area contributed by atoms with Gasteiger partial charge in [-0.1, -0.05) is 52.3 Å². The van der Waals surface area contributed by atoms with Crippen LogP contribution in [0.4, 0.5) is 0 Å². The lowest BCUT2D eigenvalue weighted by molar-refractivity contribution is 0.315. The Kier molecular flexibility index (Phi) is 4.56. The van der Waals surface area contributed by atoms with E-state index in [1.54, 1.807) is 0 Å². The summed E-state index contributed by atoms with van der Waals surface area (Å²) in [6, 6.07) is 0. The summed E-state index contributed by atoms with van der Waals surface area (Å²) in [6.45, 7) is 7.00. The van der Waals surface area contributed by atoms with Crippen molar-refractivity contribution in [2.75, 3.05) is 0 Å². The van der Waals surface area contributed by atoms with E-state index in [2.05, 4.69) is 20.8 Å². The Hall–Kier alpha value is 0.0900. The second kappa shape index (κ2) is 5.25. The Morgan fingerprint density at radius 2 is 2.00 bits per heavy atom. The molecule has 1 rings (SSSR count). The molecule has 14 heavy (non-hydrogen) atoms. The molecule has 0 N–H and O–H groups in total. The summed E-state index contributed by atoms with van der Waals surface area (Å²) in [5.74, 6) is 1.54. The number of hydrogen-bond acceptors (Lipinski definition) is 1. The predicted octanol–water partition coefficient (Wildman–Crippen LogP) is 4.62. The lowest BCUT2D eigenvalue weighted by atomic mass is 9.81. The summed E-state index contributed by atoms with van der Waals surface area (Å²) >= 11 is 5.20. The van der Waals surface area contributed by atoms with E-state index in [0.29, 0.717) is 11.3 Å². The highest BCUT2D eigenvalue weighted by molar-refractivity contribution is 7.79. The third kappa shape index (κ3) is 3.34. The Morgan fingerprint density at radius 3 is 2.36 bits per heavy atom. The molecule has 2 atom stereocenters. The summed E-state index contributed by atoms with van der Waals surface area (Å²) in [6.07, 6.45) is 8.14. The van der Waals surface area contributed by atoms with Crippen molar-refractivity contribution in [1.29, 1.82) is 0 Å². The SMILES string of the molecule is CCCC(CC)C(C=S)CC1(C)CC1. The molecule has 0 bridgehead atoms. The summed E-state index contributed by atoms with van der Waals surface area (Å²) in [4.78, 5) is 0. The molecule has 1 saturated carbocycles. The van der Waals surface area contributed by atoms with E-state index in [0.717, 1.165) is 5.92 Å². The average Bonchev–Trinajstić information content (AvgIpc) is 2.90. The molecule has 2 unspecified atom stereocenters. The van der Waals surface area contributed by atoms with Gasteiger partial charge in [-0.15, -0.1) is 0 Å². The molecule has 0 radical (unpaired) electrons. The van der Waals surface area contributed by atoms with E-state index < -0.39 is 0 Å². The second-order valence-corrected chi connectivity index (χ2v) is 5.54. The highest BCUT2D eigenvalue weighted by atomic mass is 32.1. The van der Waals surface area contributed by atoms with Gasteiger partial charge in [-0.3, -0.25) is 0 Å². The van der Waals surface area contributed by atoms with Crippen LogP contribution in [-0.2, 0) is 0 Å². The quantitative estimate of drug-likeness (QED) is 0.555. The Labute approximate surface area is 94.5 Å². The summed E-state index contributed by atoms with van der Waals surface area (Å²) in [5.41, 5.74) is 0.654. The van der Waals surface area contributed by atoms with Gasteiger partial charge < -0.3 is 0 Å². The van der Waals surface area contributed by atoms with Crippen molar-refractivity contribution in [3.63, 3.8) is 0 Å². The first-order valence-corrected chi connectivity index (χ1v) is 6.57. The highest BCUT2D eigenvalue weighted by Gasteiger charge is 2.39.